The fourth-order valence-electron chi connectivity index (χ4n) is 3.99. The van der Waals surface area contributed by atoms with Crippen molar-refractivity contribution >= 4 is 30.1 Å². The number of fused-ring (bicyclic) bond motifs is 1. The molecule has 0 radical (unpaired) electrons. The van der Waals surface area contributed by atoms with Crippen LogP contribution < -0.4 is 10.8 Å². The maximum atomic E-state index is 6.54. The fourth-order valence-corrected chi connectivity index (χ4v) is 6.27. The summed E-state index contributed by atoms with van der Waals surface area (Å²) in [5.74, 6) is 0.405. The number of nitrogens with one attached hydrogen (secondary N) is 1. The Balaban J connectivity index is 1.59. The molecule has 2 atom stereocenters. The zero-order valence-electron chi connectivity index (χ0n) is 17.0. The molecule has 2 aromatic carbocycles. The minimum Gasteiger partial charge on any atom is -0.388 e. The molecule has 0 bridgehead atoms. The van der Waals surface area contributed by atoms with E-state index in [1.165, 1.54) is 27.8 Å². The Bertz CT molecular complexity index is 1050. The van der Waals surface area contributed by atoms with E-state index in [4.69, 9.17) is 5.50 Å². The van der Waals surface area contributed by atoms with Crippen molar-refractivity contribution in [2.45, 2.75) is 19.3 Å². The molecule has 28 heavy (non-hydrogen) atoms. The SMILES string of the molecule is C=P(N)(CC(C)c1ccc(NC)c(Cc2ccc3c(cnn3C)c2)c1)N1CC1. The van der Waals surface area contributed by atoms with Gasteiger partial charge in [-0.1, -0.05) is 31.4 Å². The number of anilines is 1. The smallest absolute Gasteiger partial charge is 0.0679 e. The van der Waals surface area contributed by atoms with Crippen LogP contribution in [0.3, 0.4) is 0 Å². The first-order valence-electron chi connectivity index (χ1n) is 9.85. The molecule has 4 rings (SSSR count). The van der Waals surface area contributed by atoms with Crippen LogP contribution in [-0.4, -0.2) is 47.0 Å². The van der Waals surface area contributed by atoms with E-state index < -0.39 is 7.19 Å². The van der Waals surface area contributed by atoms with Crippen LogP contribution >= 0.6 is 7.19 Å². The molecule has 2 unspecified atom stereocenters. The van der Waals surface area contributed by atoms with Crippen molar-refractivity contribution in [3.8, 4) is 0 Å². The van der Waals surface area contributed by atoms with E-state index in [2.05, 4.69) is 64.7 Å². The van der Waals surface area contributed by atoms with Gasteiger partial charge in [-0.3, -0.25) is 14.9 Å². The Morgan fingerprint density at radius 1 is 1.25 bits per heavy atom. The van der Waals surface area contributed by atoms with Gasteiger partial charge >= 0.3 is 0 Å². The molecule has 2 heterocycles. The number of aryl methyl sites for hydroxylation is 1. The first-order chi connectivity index (χ1) is 13.4. The lowest BCUT2D eigenvalue weighted by Crippen LogP contribution is -2.13. The third kappa shape index (κ3) is 3.88. The molecule has 0 saturated carbocycles. The maximum Gasteiger partial charge on any atom is 0.0679 e. The summed E-state index contributed by atoms with van der Waals surface area (Å²) < 4.78 is 4.26. The molecule has 1 fully saturated rings. The monoisotopic (exact) mass is 395 g/mol. The molecule has 1 aromatic heterocycles. The van der Waals surface area contributed by atoms with Crippen molar-refractivity contribution in [3.63, 3.8) is 0 Å². The molecule has 1 aliphatic rings. The Kier molecular flexibility index (Phi) is 5.09. The van der Waals surface area contributed by atoms with Gasteiger partial charge < -0.3 is 5.32 Å². The number of benzene rings is 2. The highest BCUT2D eigenvalue weighted by Crippen LogP contribution is 2.48. The summed E-state index contributed by atoms with van der Waals surface area (Å²) in [5, 5.41) is 8.88. The van der Waals surface area contributed by atoms with E-state index in [0.29, 0.717) is 5.92 Å². The zero-order valence-corrected chi connectivity index (χ0v) is 17.9. The van der Waals surface area contributed by atoms with Gasteiger partial charge in [-0.15, -0.1) is 0 Å². The van der Waals surface area contributed by atoms with Gasteiger partial charge in [0.2, 0.25) is 0 Å². The molecule has 3 N–H and O–H groups in total. The summed E-state index contributed by atoms with van der Waals surface area (Å²) in [6.07, 6.45) is 8.13. The summed E-state index contributed by atoms with van der Waals surface area (Å²) >= 11 is 0. The average Bonchev–Trinajstić information content (AvgIpc) is 3.47. The van der Waals surface area contributed by atoms with Crippen LogP contribution in [0.15, 0.2) is 42.6 Å². The first-order valence-corrected chi connectivity index (χ1v) is 12.0. The predicted octanol–water partition coefficient (Wildman–Crippen LogP) is 3.86. The van der Waals surface area contributed by atoms with Crippen molar-refractivity contribution in [1.82, 2.24) is 14.5 Å². The lowest BCUT2D eigenvalue weighted by atomic mass is 9.95. The molecule has 1 saturated heterocycles. The topological polar surface area (TPSA) is 58.9 Å². The van der Waals surface area contributed by atoms with Crippen molar-refractivity contribution in [2.24, 2.45) is 12.6 Å². The van der Waals surface area contributed by atoms with Gasteiger partial charge in [-0.2, -0.15) is 5.10 Å². The maximum absolute atomic E-state index is 6.54. The van der Waals surface area contributed by atoms with Gasteiger partial charge in [0.15, 0.2) is 0 Å². The van der Waals surface area contributed by atoms with Gasteiger partial charge in [-0.05, 0) is 53.4 Å². The predicted molar refractivity (Wildman–Crippen MR) is 123 cm³/mol. The molecule has 0 aliphatic carbocycles. The van der Waals surface area contributed by atoms with Crippen LogP contribution in [-0.2, 0) is 13.5 Å². The van der Waals surface area contributed by atoms with Crippen molar-refractivity contribution in [3.05, 3.63) is 59.3 Å². The highest BCUT2D eigenvalue weighted by atomic mass is 31.2. The standard InChI is InChI=1S/C22H30N5P/c1-16(15-28(4,23)27-9-10-27)18-6-7-21(24-2)19(13-18)11-17-5-8-22-20(12-17)14-25-26(22)3/h5-8,12-14,16,24H,4,9-11,15,23H2,1-3H3. The second-order valence-corrected chi connectivity index (χ2v) is 10.9. The van der Waals surface area contributed by atoms with Crippen molar-refractivity contribution in [1.29, 1.82) is 0 Å². The normalized spacial score (nSPS) is 17.4. The highest BCUT2D eigenvalue weighted by Gasteiger charge is 2.30. The quantitative estimate of drug-likeness (QED) is 0.471. The molecule has 3 aromatic rings. The number of hydrogen-bond acceptors (Lipinski definition) is 4. The molecule has 148 valence electrons. The van der Waals surface area contributed by atoms with Crippen LogP contribution in [0.4, 0.5) is 5.69 Å². The molecular formula is C22H30N5P. The van der Waals surface area contributed by atoms with E-state index in [9.17, 15) is 0 Å². The zero-order chi connectivity index (χ0) is 19.9. The van der Waals surface area contributed by atoms with E-state index in [1.807, 2.05) is 25.0 Å². The molecular weight excluding hydrogens is 365 g/mol. The van der Waals surface area contributed by atoms with Gasteiger partial charge in [0.1, 0.15) is 0 Å². The highest BCUT2D eigenvalue weighted by molar-refractivity contribution is 7.69. The Hall–Kier alpha value is -2.07. The average molecular weight is 395 g/mol. The van der Waals surface area contributed by atoms with Gasteiger partial charge in [0.25, 0.3) is 0 Å². The number of rotatable bonds is 7. The second kappa shape index (κ2) is 7.40. The summed E-state index contributed by atoms with van der Waals surface area (Å²) in [5.41, 5.74) is 12.8. The van der Waals surface area contributed by atoms with Gasteiger partial charge in [0.05, 0.1) is 11.7 Å². The number of nitrogens with zero attached hydrogens (tertiary/aromatic N) is 3. The lowest BCUT2D eigenvalue weighted by molar-refractivity contribution is 0.797. The number of hydrogen-bond donors (Lipinski definition) is 2. The largest absolute Gasteiger partial charge is 0.388 e. The van der Waals surface area contributed by atoms with Crippen molar-refractivity contribution < 1.29 is 0 Å². The minimum atomic E-state index is -1.69. The summed E-state index contributed by atoms with van der Waals surface area (Å²) in [6.45, 7) is 4.50. The Morgan fingerprint density at radius 2 is 2.04 bits per heavy atom. The Morgan fingerprint density at radius 3 is 2.75 bits per heavy atom. The van der Waals surface area contributed by atoms with E-state index >= 15 is 0 Å². The van der Waals surface area contributed by atoms with Crippen LogP contribution in [0, 0.1) is 0 Å². The van der Waals surface area contributed by atoms with Crippen LogP contribution in [0.1, 0.15) is 29.5 Å². The summed E-state index contributed by atoms with van der Waals surface area (Å²) in [4.78, 5) is 0. The van der Waals surface area contributed by atoms with E-state index in [0.717, 1.165) is 31.2 Å². The number of aromatic nitrogens is 2. The first kappa shape index (κ1) is 19.3. The molecule has 6 heteroatoms. The molecule has 0 amide bonds. The van der Waals surface area contributed by atoms with Crippen LogP contribution in [0.2, 0.25) is 0 Å². The Labute approximate surface area is 167 Å². The summed E-state index contributed by atoms with van der Waals surface area (Å²) in [6, 6.07) is 13.4. The number of nitrogens with two attached hydrogens (primary N) is 1. The van der Waals surface area contributed by atoms with E-state index in [1.54, 1.807) is 0 Å². The minimum absolute atomic E-state index is 0.405. The third-order valence-electron chi connectivity index (χ3n) is 5.75. The van der Waals surface area contributed by atoms with Crippen molar-refractivity contribution in [2.75, 3.05) is 31.6 Å². The molecule has 0 spiro atoms. The second-order valence-electron chi connectivity index (χ2n) is 8.03. The third-order valence-corrected chi connectivity index (χ3v) is 8.46. The summed E-state index contributed by atoms with van der Waals surface area (Å²) in [7, 11) is 2.27. The van der Waals surface area contributed by atoms with Crippen LogP contribution in [0.5, 0.6) is 0 Å². The fraction of sp³-hybridized carbons (Fsp3) is 0.364. The van der Waals surface area contributed by atoms with Gasteiger partial charge in [0, 0.05) is 45.4 Å². The van der Waals surface area contributed by atoms with E-state index in [-0.39, 0.29) is 0 Å². The lowest BCUT2D eigenvalue weighted by Gasteiger charge is -2.25. The molecule has 1 aliphatic heterocycles. The molecule has 5 nitrogen and oxygen atoms in total. The van der Waals surface area contributed by atoms with Crippen LogP contribution in [0.25, 0.3) is 10.9 Å². The van der Waals surface area contributed by atoms with Gasteiger partial charge in [-0.25, -0.2) is 0 Å².